The molecule has 18 heavy (non-hydrogen) atoms. The zero-order valence-corrected chi connectivity index (χ0v) is 10.5. The molecule has 4 heteroatoms. The van der Waals surface area contributed by atoms with Gasteiger partial charge in [0.2, 0.25) is 0 Å². The van der Waals surface area contributed by atoms with E-state index >= 15 is 0 Å². The van der Waals surface area contributed by atoms with Crippen LogP contribution in [0.2, 0.25) is 0 Å². The minimum atomic E-state index is -0.913. The van der Waals surface area contributed by atoms with Gasteiger partial charge in [-0.25, -0.2) is 4.79 Å². The van der Waals surface area contributed by atoms with Gasteiger partial charge in [0, 0.05) is 6.42 Å². The molecule has 96 valence electrons. The van der Waals surface area contributed by atoms with Crippen molar-refractivity contribution in [1.82, 2.24) is 0 Å². The zero-order chi connectivity index (χ0) is 13.3. The van der Waals surface area contributed by atoms with Crippen molar-refractivity contribution in [2.45, 2.75) is 39.2 Å². The minimum absolute atomic E-state index is 0.214. The van der Waals surface area contributed by atoms with E-state index < -0.39 is 5.97 Å². The Balaban J connectivity index is 2.33. The highest BCUT2D eigenvalue weighted by molar-refractivity contribution is 5.90. The summed E-state index contributed by atoms with van der Waals surface area (Å²) in [5.41, 5.74) is 3.09. The summed E-state index contributed by atoms with van der Waals surface area (Å²) < 4.78 is 5.36. The SMILES string of the molecule is CCC(=O)O[C@@H]1CCc2c1ccc(C(=O)O)c2C. The molecule has 1 aromatic rings. The number of hydrogen-bond donors (Lipinski definition) is 1. The Kier molecular flexibility index (Phi) is 3.36. The van der Waals surface area contributed by atoms with Crippen LogP contribution < -0.4 is 0 Å². The van der Waals surface area contributed by atoms with E-state index in [-0.39, 0.29) is 12.1 Å². The molecule has 1 aliphatic rings. The van der Waals surface area contributed by atoms with E-state index in [1.54, 1.807) is 19.1 Å². The van der Waals surface area contributed by atoms with Gasteiger partial charge in [-0.2, -0.15) is 0 Å². The number of carbonyl (C=O) groups is 2. The molecule has 1 N–H and O–H groups in total. The van der Waals surface area contributed by atoms with Crippen molar-refractivity contribution < 1.29 is 19.4 Å². The Bertz CT molecular complexity index is 505. The molecule has 1 aromatic carbocycles. The summed E-state index contributed by atoms with van der Waals surface area (Å²) in [6.07, 6.45) is 1.65. The maximum atomic E-state index is 11.3. The van der Waals surface area contributed by atoms with Crippen LogP contribution in [-0.2, 0) is 16.0 Å². The van der Waals surface area contributed by atoms with Gasteiger partial charge in [-0.05, 0) is 42.5 Å². The van der Waals surface area contributed by atoms with Crippen molar-refractivity contribution in [2.75, 3.05) is 0 Å². The molecule has 0 radical (unpaired) electrons. The van der Waals surface area contributed by atoms with Crippen LogP contribution in [0, 0.1) is 6.92 Å². The van der Waals surface area contributed by atoms with Gasteiger partial charge < -0.3 is 9.84 Å². The van der Waals surface area contributed by atoms with Crippen LogP contribution >= 0.6 is 0 Å². The van der Waals surface area contributed by atoms with Crippen LogP contribution in [0.4, 0.5) is 0 Å². The van der Waals surface area contributed by atoms with E-state index in [2.05, 4.69) is 0 Å². The van der Waals surface area contributed by atoms with Crippen molar-refractivity contribution in [3.8, 4) is 0 Å². The van der Waals surface area contributed by atoms with Crippen molar-refractivity contribution in [2.24, 2.45) is 0 Å². The van der Waals surface area contributed by atoms with Gasteiger partial charge in [-0.15, -0.1) is 0 Å². The Morgan fingerprint density at radius 1 is 1.44 bits per heavy atom. The van der Waals surface area contributed by atoms with Crippen molar-refractivity contribution >= 4 is 11.9 Å². The standard InChI is InChI=1S/C14H16O4/c1-3-13(15)18-12-7-6-9-8(2)10(14(16)17)4-5-11(9)12/h4-5,12H,3,6-7H2,1-2H3,(H,16,17)/t12-/m1/s1. The first-order valence-electron chi connectivity index (χ1n) is 6.09. The Morgan fingerprint density at radius 3 is 2.78 bits per heavy atom. The molecule has 2 rings (SSSR count). The summed E-state index contributed by atoms with van der Waals surface area (Å²) in [6.45, 7) is 3.57. The predicted molar refractivity (Wildman–Crippen MR) is 65.6 cm³/mol. The number of carbonyl (C=O) groups excluding carboxylic acids is 1. The van der Waals surface area contributed by atoms with Gasteiger partial charge in [0.05, 0.1) is 5.56 Å². The van der Waals surface area contributed by atoms with Crippen molar-refractivity contribution in [3.63, 3.8) is 0 Å². The molecule has 0 fully saturated rings. The largest absolute Gasteiger partial charge is 0.478 e. The van der Waals surface area contributed by atoms with Crippen LogP contribution in [0.15, 0.2) is 12.1 Å². The first-order valence-corrected chi connectivity index (χ1v) is 6.09. The minimum Gasteiger partial charge on any atom is -0.478 e. The van der Waals surface area contributed by atoms with E-state index in [0.717, 1.165) is 29.5 Å². The number of rotatable bonds is 3. The molecule has 0 aliphatic heterocycles. The summed E-state index contributed by atoms with van der Waals surface area (Å²) in [6, 6.07) is 3.36. The second-order valence-electron chi connectivity index (χ2n) is 4.48. The highest BCUT2D eigenvalue weighted by Gasteiger charge is 2.28. The number of fused-ring (bicyclic) bond motifs is 1. The van der Waals surface area contributed by atoms with Crippen LogP contribution in [0.1, 0.15) is 52.9 Å². The van der Waals surface area contributed by atoms with Gasteiger partial charge in [-0.1, -0.05) is 13.0 Å². The fourth-order valence-corrected chi connectivity index (χ4v) is 2.44. The first-order chi connectivity index (χ1) is 8.54. The normalized spacial score (nSPS) is 17.3. The quantitative estimate of drug-likeness (QED) is 0.835. The molecule has 0 spiro atoms. The van der Waals surface area contributed by atoms with Gasteiger partial charge in [0.15, 0.2) is 0 Å². The average Bonchev–Trinajstić information content (AvgIpc) is 2.73. The monoisotopic (exact) mass is 248 g/mol. The molecule has 0 heterocycles. The molecule has 0 aromatic heterocycles. The molecule has 0 saturated carbocycles. The molecule has 0 amide bonds. The summed E-state index contributed by atoms with van der Waals surface area (Å²) >= 11 is 0. The number of carboxylic acid groups (broad SMARTS) is 1. The van der Waals surface area contributed by atoms with Gasteiger partial charge in [-0.3, -0.25) is 4.79 Å². The lowest BCUT2D eigenvalue weighted by Gasteiger charge is -2.14. The predicted octanol–water partition coefficient (Wildman–Crippen LogP) is 2.63. The molecule has 1 aliphatic carbocycles. The van der Waals surface area contributed by atoms with Gasteiger partial charge in [0.25, 0.3) is 0 Å². The van der Waals surface area contributed by atoms with Crippen LogP contribution in [0.3, 0.4) is 0 Å². The second kappa shape index (κ2) is 4.80. The Morgan fingerprint density at radius 2 is 2.17 bits per heavy atom. The van der Waals surface area contributed by atoms with E-state index in [9.17, 15) is 9.59 Å². The number of esters is 1. The Labute approximate surface area is 106 Å². The maximum absolute atomic E-state index is 11.3. The topological polar surface area (TPSA) is 63.6 Å². The van der Waals surface area contributed by atoms with Crippen molar-refractivity contribution in [1.29, 1.82) is 0 Å². The lowest BCUT2D eigenvalue weighted by molar-refractivity contribution is -0.149. The summed E-state index contributed by atoms with van der Waals surface area (Å²) in [7, 11) is 0. The van der Waals surface area contributed by atoms with Gasteiger partial charge in [0.1, 0.15) is 6.10 Å². The van der Waals surface area contributed by atoms with E-state index in [1.165, 1.54) is 0 Å². The molecular formula is C14H16O4. The third-order valence-corrected chi connectivity index (χ3v) is 3.43. The molecule has 1 atom stereocenters. The van der Waals surface area contributed by atoms with Crippen LogP contribution in [-0.4, -0.2) is 17.0 Å². The van der Waals surface area contributed by atoms with E-state index in [1.807, 2.05) is 6.92 Å². The first kappa shape index (κ1) is 12.6. The number of benzene rings is 1. The fourth-order valence-electron chi connectivity index (χ4n) is 2.44. The maximum Gasteiger partial charge on any atom is 0.335 e. The molecular weight excluding hydrogens is 232 g/mol. The zero-order valence-electron chi connectivity index (χ0n) is 10.5. The molecule has 0 saturated heterocycles. The third kappa shape index (κ3) is 2.10. The average molecular weight is 248 g/mol. The molecule has 0 bridgehead atoms. The van der Waals surface area contributed by atoms with E-state index in [4.69, 9.17) is 9.84 Å². The van der Waals surface area contributed by atoms with Gasteiger partial charge >= 0.3 is 11.9 Å². The Hall–Kier alpha value is -1.84. The van der Waals surface area contributed by atoms with Crippen LogP contribution in [0.25, 0.3) is 0 Å². The smallest absolute Gasteiger partial charge is 0.335 e. The number of carboxylic acids is 1. The number of aromatic carboxylic acids is 1. The second-order valence-corrected chi connectivity index (χ2v) is 4.48. The van der Waals surface area contributed by atoms with Crippen molar-refractivity contribution in [3.05, 3.63) is 34.4 Å². The third-order valence-electron chi connectivity index (χ3n) is 3.43. The summed E-state index contributed by atoms with van der Waals surface area (Å²) in [5, 5.41) is 9.06. The number of ether oxygens (including phenoxy) is 1. The lowest BCUT2D eigenvalue weighted by Crippen LogP contribution is -2.08. The molecule has 0 unspecified atom stereocenters. The fraction of sp³-hybridized carbons (Fsp3) is 0.429. The summed E-state index contributed by atoms with van der Waals surface area (Å²) in [5.74, 6) is -1.13. The van der Waals surface area contributed by atoms with E-state index in [0.29, 0.717) is 12.0 Å². The highest BCUT2D eigenvalue weighted by Crippen LogP contribution is 2.37. The molecule has 4 nitrogen and oxygen atoms in total. The van der Waals surface area contributed by atoms with Crippen LogP contribution in [0.5, 0.6) is 0 Å². The highest BCUT2D eigenvalue weighted by atomic mass is 16.5. The summed E-state index contributed by atoms with van der Waals surface area (Å²) in [4.78, 5) is 22.4. The lowest BCUT2D eigenvalue weighted by atomic mass is 9.98. The number of hydrogen-bond acceptors (Lipinski definition) is 3.